The van der Waals surface area contributed by atoms with Crippen LogP contribution in [0, 0.1) is 17.3 Å². The zero-order valence-corrected chi connectivity index (χ0v) is 7.80. The van der Waals surface area contributed by atoms with E-state index in [4.69, 9.17) is 4.74 Å². The molecule has 12 heavy (non-hydrogen) atoms. The zero-order valence-electron chi connectivity index (χ0n) is 7.80. The Labute approximate surface area is 73.3 Å². The average molecular weight is 168 g/mol. The van der Waals surface area contributed by atoms with Crippen LogP contribution >= 0.6 is 0 Å². The van der Waals surface area contributed by atoms with Crippen molar-refractivity contribution in [3.63, 3.8) is 0 Å². The smallest absolute Gasteiger partial charge is 0.308 e. The van der Waals surface area contributed by atoms with Crippen LogP contribution in [0.25, 0.3) is 0 Å². The molecule has 2 aliphatic rings. The van der Waals surface area contributed by atoms with Crippen LogP contribution < -0.4 is 0 Å². The monoisotopic (exact) mass is 168 g/mol. The van der Waals surface area contributed by atoms with Gasteiger partial charge < -0.3 is 4.74 Å². The molecule has 0 N–H and O–H groups in total. The number of carbonyl (C=O) groups is 1. The maximum atomic E-state index is 11.3. The Morgan fingerprint density at radius 3 is 2.83 bits per heavy atom. The fourth-order valence-electron chi connectivity index (χ4n) is 2.55. The second kappa shape index (κ2) is 2.48. The van der Waals surface area contributed by atoms with E-state index in [1.54, 1.807) is 0 Å². The number of rotatable bonds is 2. The average Bonchev–Trinajstić information content (AvgIpc) is 2.51. The molecular formula is C10H16O2. The lowest BCUT2D eigenvalue weighted by Gasteiger charge is -2.11. The van der Waals surface area contributed by atoms with E-state index in [2.05, 4.69) is 6.92 Å². The van der Waals surface area contributed by atoms with Crippen molar-refractivity contribution in [3.8, 4) is 0 Å². The van der Waals surface area contributed by atoms with Crippen molar-refractivity contribution < 1.29 is 9.53 Å². The van der Waals surface area contributed by atoms with Gasteiger partial charge in [0.2, 0.25) is 0 Å². The summed E-state index contributed by atoms with van der Waals surface area (Å²) < 4.78 is 5.00. The van der Waals surface area contributed by atoms with Crippen LogP contribution in [0.3, 0.4) is 0 Å². The van der Waals surface area contributed by atoms with Crippen molar-refractivity contribution >= 4 is 5.97 Å². The minimum Gasteiger partial charge on any atom is -0.466 e. The Hall–Kier alpha value is -0.530. The molecule has 3 atom stereocenters. The van der Waals surface area contributed by atoms with E-state index in [0.717, 1.165) is 18.8 Å². The molecule has 2 nitrogen and oxygen atoms in total. The molecule has 0 bridgehead atoms. The van der Waals surface area contributed by atoms with E-state index in [1.807, 2.05) is 6.92 Å². The van der Waals surface area contributed by atoms with Crippen molar-refractivity contribution in [1.82, 2.24) is 0 Å². The molecular weight excluding hydrogens is 152 g/mol. The Bertz CT molecular complexity index is 212. The molecule has 0 aromatic heterocycles. The summed E-state index contributed by atoms with van der Waals surface area (Å²) >= 11 is 0. The Kier molecular flexibility index (Phi) is 1.67. The number of hydrogen-bond donors (Lipinski definition) is 0. The molecule has 2 fully saturated rings. The number of esters is 1. The van der Waals surface area contributed by atoms with Crippen LogP contribution in [0.1, 0.15) is 33.1 Å². The SMILES string of the molecule is CCOC(=O)C1CC2CC2(C)C1. The van der Waals surface area contributed by atoms with Crippen LogP contribution in [-0.2, 0) is 9.53 Å². The summed E-state index contributed by atoms with van der Waals surface area (Å²) in [7, 11) is 0. The maximum absolute atomic E-state index is 11.3. The van der Waals surface area contributed by atoms with Gasteiger partial charge >= 0.3 is 5.97 Å². The topological polar surface area (TPSA) is 26.3 Å². The van der Waals surface area contributed by atoms with Gasteiger partial charge in [0.05, 0.1) is 12.5 Å². The Morgan fingerprint density at radius 1 is 1.58 bits per heavy atom. The molecule has 0 aromatic rings. The molecule has 3 unspecified atom stereocenters. The van der Waals surface area contributed by atoms with Gasteiger partial charge in [-0.15, -0.1) is 0 Å². The minimum absolute atomic E-state index is 0.0333. The largest absolute Gasteiger partial charge is 0.466 e. The van der Waals surface area contributed by atoms with Crippen LogP contribution in [0.4, 0.5) is 0 Å². The van der Waals surface area contributed by atoms with Gasteiger partial charge in [-0.3, -0.25) is 4.79 Å². The summed E-state index contributed by atoms with van der Waals surface area (Å²) in [5.41, 5.74) is 0.511. The Morgan fingerprint density at radius 2 is 2.33 bits per heavy atom. The third kappa shape index (κ3) is 1.13. The van der Waals surface area contributed by atoms with Crippen molar-refractivity contribution in [2.24, 2.45) is 17.3 Å². The molecule has 2 heteroatoms. The van der Waals surface area contributed by atoms with Gasteiger partial charge in [-0.1, -0.05) is 6.92 Å². The lowest BCUT2D eigenvalue weighted by Crippen LogP contribution is -2.16. The summed E-state index contributed by atoms with van der Waals surface area (Å²) in [6.45, 7) is 4.68. The highest BCUT2D eigenvalue weighted by molar-refractivity contribution is 5.73. The van der Waals surface area contributed by atoms with Crippen LogP contribution in [-0.4, -0.2) is 12.6 Å². The molecule has 0 spiro atoms. The molecule has 2 rings (SSSR count). The molecule has 0 heterocycles. The molecule has 0 aliphatic heterocycles. The van der Waals surface area contributed by atoms with Gasteiger partial charge in [-0.05, 0) is 37.5 Å². The summed E-state index contributed by atoms with van der Waals surface area (Å²) in [5.74, 6) is 1.08. The van der Waals surface area contributed by atoms with E-state index in [1.165, 1.54) is 6.42 Å². The highest BCUT2D eigenvalue weighted by Crippen LogP contribution is 2.65. The summed E-state index contributed by atoms with van der Waals surface area (Å²) in [5, 5.41) is 0. The predicted octanol–water partition coefficient (Wildman–Crippen LogP) is 1.99. The van der Waals surface area contributed by atoms with Gasteiger partial charge in [0.1, 0.15) is 0 Å². The summed E-state index contributed by atoms with van der Waals surface area (Å²) in [6.07, 6.45) is 3.48. The normalized spacial score (nSPS) is 43.8. The third-order valence-electron chi connectivity index (χ3n) is 3.44. The van der Waals surface area contributed by atoms with Crippen LogP contribution in [0.2, 0.25) is 0 Å². The number of fused-ring (bicyclic) bond motifs is 1. The molecule has 0 radical (unpaired) electrons. The first kappa shape index (κ1) is 8.09. The molecule has 0 saturated heterocycles. The quantitative estimate of drug-likeness (QED) is 0.589. The number of ether oxygens (including phenoxy) is 1. The van der Waals surface area contributed by atoms with Crippen molar-refractivity contribution in [1.29, 1.82) is 0 Å². The zero-order chi connectivity index (χ0) is 8.77. The standard InChI is InChI=1S/C10H16O2/c1-3-12-9(11)7-4-8-6-10(8,2)5-7/h7-8H,3-6H2,1-2H3. The van der Waals surface area contributed by atoms with E-state index in [0.29, 0.717) is 12.0 Å². The van der Waals surface area contributed by atoms with E-state index >= 15 is 0 Å². The maximum Gasteiger partial charge on any atom is 0.308 e. The van der Waals surface area contributed by atoms with E-state index < -0.39 is 0 Å². The molecule has 2 saturated carbocycles. The van der Waals surface area contributed by atoms with Gasteiger partial charge in [0.25, 0.3) is 0 Å². The molecule has 68 valence electrons. The minimum atomic E-state index is 0.0333. The summed E-state index contributed by atoms with van der Waals surface area (Å²) in [4.78, 5) is 11.3. The molecule has 0 amide bonds. The fourth-order valence-corrected chi connectivity index (χ4v) is 2.55. The van der Waals surface area contributed by atoms with E-state index in [9.17, 15) is 4.79 Å². The van der Waals surface area contributed by atoms with Crippen molar-refractivity contribution in [2.45, 2.75) is 33.1 Å². The second-order valence-electron chi connectivity index (χ2n) is 4.44. The van der Waals surface area contributed by atoms with E-state index in [-0.39, 0.29) is 11.9 Å². The lowest BCUT2D eigenvalue weighted by molar-refractivity contribution is -0.148. The van der Waals surface area contributed by atoms with Gasteiger partial charge in [0.15, 0.2) is 0 Å². The van der Waals surface area contributed by atoms with Gasteiger partial charge in [-0.2, -0.15) is 0 Å². The Balaban J connectivity index is 1.88. The fraction of sp³-hybridized carbons (Fsp3) is 0.900. The second-order valence-corrected chi connectivity index (χ2v) is 4.44. The van der Waals surface area contributed by atoms with Gasteiger partial charge in [0, 0.05) is 0 Å². The first-order chi connectivity index (χ1) is 5.65. The third-order valence-corrected chi connectivity index (χ3v) is 3.44. The highest BCUT2D eigenvalue weighted by atomic mass is 16.5. The molecule has 0 aromatic carbocycles. The van der Waals surface area contributed by atoms with Crippen molar-refractivity contribution in [2.75, 3.05) is 6.61 Å². The number of hydrogen-bond acceptors (Lipinski definition) is 2. The first-order valence-corrected chi connectivity index (χ1v) is 4.82. The summed E-state index contributed by atoms with van der Waals surface area (Å²) in [6, 6.07) is 0. The number of carbonyl (C=O) groups excluding carboxylic acids is 1. The van der Waals surface area contributed by atoms with Crippen LogP contribution in [0.5, 0.6) is 0 Å². The highest BCUT2D eigenvalue weighted by Gasteiger charge is 2.58. The van der Waals surface area contributed by atoms with Crippen LogP contribution in [0.15, 0.2) is 0 Å². The molecule has 2 aliphatic carbocycles. The predicted molar refractivity (Wildman–Crippen MR) is 45.6 cm³/mol. The van der Waals surface area contributed by atoms with Gasteiger partial charge in [-0.25, -0.2) is 0 Å². The van der Waals surface area contributed by atoms with Crippen molar-refractivity contribution in [3.05, 3.63) is 0 Å². The first-order valence-electron chi connectivity index (χ1n) is 4.82. The lowest BCUT2D eigenvalue weighted by atomic mass is 9.99.